The monoisotopic (exact) mass is 512 g/mol. The minimum Gasteiger partial charge on any atom is -0.329 e. The third-order valence-electron chi connectivity index (χ3n) is 7.33. The fourth-order valence-electron chi connectivity index (χ4n) is 5.58. The number of H-pyrrole nitrogens is 1. The van der Waals surface area contributed by atoms with Crippen molar-refractivity contribution in [3.63, 3.8) is 0 Å². The van der Waals surface area contributed by atoms with Crippen LogP contribution < -0.4 is 15.5 Å². The highest BCUT2D eigenvalue weighted by atomic mass is 35.5. The highest BCUT2D eigenvalue weighted by Crippen LogP contribution is 2.35. The standard InChI is InChI=1S/C24H29ClN8OS/c25-19-13-26-24(35-19)30-22(34)18-10-5-11-33(18)23-27-16-9-4-8-15(16)21(29-23)28-20-12-17(31-32-20)14-6-2-1-3-7-14/h12-14,18H,1-11H2,(H,26,30,34)(H2,27,28,29,31,32). The number of thiazole rings is 1. The zero-order valence-electron chi connectivity index (χ0n) is 19.5. The van der Waals surface area contributed by atoms with Gasteiger partial charge in [-0.15, -0.1) is 0 Å². The Morgan fingerprint density at radius 2 is 2.00 bits per heavy atom. The number of aromatic amines is 1. The fraction of sp³-hybridized carbons (Fsp3) is 0.542. The molecule has 3 aromatic rings. The van der Waals surface area contributed by atoms with E-state index in [1.807, 2.05) is 4.90 Å². The van der Waals surface area contributed by atoms with Gasteiger partial charge in [0.2, 0.25) is 11.9 Å². The van der Waals surface area contributed by atoms with E-state index in [4.69, 9.17) is 21.6 Å². The zero-order chi connectivity index (χ0) is 23.8. The Balaban J connectivity index is 1.23. The van der Waals surface area contributed by atoms with Crippen molar-refractivity contribution in [2.75, 3.05) is 22.1 Å². The number of nitrogens with one attached hydrogen (secondary N) is 3. The lowest BCUT2D eigenvalue weighted by Crippen LogP contribution is -2.40. The Hall–Kier alpha value is -2.72. The maximum atomic E-state index is 13.1. The van der Waals surface area contributed by atoms with Crippen LogP contribution in [0.4, 0.5) is 22.7 Å². The molecule has 1 amide bonds. The highest BCUT2D eigenvalue weighted by Gasteiger charge is 2.34. The Labute approximate surface area is 213 Å². The first kappa shape index (κ1) is 22.7. The lowest BCUT2D eigenvalue weighted by atomic mass is 9.87. The molecule has 4 heterocycles. The summed E-state index contributed by atoms with van der Waals surface area (Å²) in [6.45, 7) is 0.739. The molecule has 6 rings (SSSR count). The van der Waals surface area contributed by atoms with Crippen LogP contribution in [0.25, 0.3) is 0 Å². The average molecular weight is 513 g/mol. The van der Waals surface area contributed by atoms with Crippen LogP contribution in [0.2, 0.25) is 4.34 Å². The summed E-state index contributed by atoms with van der Waals surface area (Å²) in [5.74, 6) is 2.67. The molecule has 2 fully saturated rings. The largest absolute Gasteiger partial charge is 0.329 e. The Bertz CT molecular complexity index is 1220. The van der Waals surface area contributed by atoms with Crippen molar-refractivity contribution >= 4 is 51.6 Å². The molecule has 3 N–H and O–H groups in total. The van der Waals surface area contributed by atoms with Crippen molar-refractivity contribution < 1.29 is 4.79 Å². The maximum Gasteiger partial charge on any atom is 0.248 e. The summed E-state index contributed by atoms with van der Waals surface area (Å²) >= 11 is 7.23. The summed E-state index contributed by atoms with van der Waals surface area (Å²) < 4.78 is 0.547. The predicted molar refractivity (Wildman–Crippen MR) is 138 cm³/mol. The van der Waals surface area contributed by atoms with Gasteiger partial charge in [0.05, 0.1) is 11.9 Å². The molecule has 35 heavy (non-hydrogen) atoms. The number of hydrogen-bond acceptors (Lipinski definition) is 8. The van der Waals surface area contributed by atoms with Crippen LogP contribution in [0.15, 0.2) is 12.3 Å². The number of aryl methyl sites for hydroxylation is 1. The number of hydrogen-bond donors (Lipinski definition) is 3. The summed E-state index contributed by atoms with van der Waals surface area (Å²) in [6, 6.07) is 1.79. The van der Waals surface area contributed by atoms with Crippen LogP contribution in [0.5, 0.6) is 0 Å². The lowest BCUT2D eigenvalue weighted by molar-refractivity contribution is -0.117. The lowest BCUT2D eigenvalue weighted by Gasteiger charge is -2.24. The molecule has 1 saturated carbocycles. The van der Waals surface area contributed by atoms with E-state index in [1.165, 1.54) is 49.1 Å². The molecule has 1 unspecified atom stereocenters. The van der Waals surface area contributed by atoms with E-state index in [2.05, 4.69) is 31.9 Å². The molecule has 0 bridgehead atoms. The summed E-state index contributed by atoms with van der Waals surface area (Å²) in [7, 11) is 0. The van der Waals surface area contributed by atoms with Gasteiger partial charge in [0.25, 0.3) is 0 Å². The van der Waals surface area contributed by atoms with Crippen LogP contribution in [-0.2, 0) is 17.6 Å². The third kappa shape index (κ3) is 4.73. The summed E-state index contributed by atoms with van der Waals surface area (Å²) in [6.07, 6.45) is 12.5. The van der Waals surface area contributed by atoms with E-state index in [0.29, 0.717) is 21.3 Å². The van der Waals surface area contributed by atoms with Gasteiger partial charge in [-0.2, -0.15) is 10.1 Å². The van der Waals surface area contributed by atoms with Crippen LogP contribution >= 0.6 is 22.9 Å². The maximum absolute atomic E-state index is 13.1. The van der Waals surface area contributed by atoms with Crippen molar-refractivity contribution in [3.05, 3.63) is 33.6 Å². The van der Waals surface area contributed by atoms with Crippen molar-refractivity contribution in [1.82, 2.24) is 25.1 Å². The minimum atomic E-state index is -0.340. The quantitative estimate of drug-likeness (QED) is 0.416. The smallest absolute Gasteiger partial charge is 0.248 e. The normalized spacial score (nSPS) is 20.3. The van der Waals surface area contributed by atoms with Crippen LogP contribution in [0.3, 0.4) is 0 Å². The van der Waals surface area contributed by atoms with Gasteiger partial charge in [-0.3, -0.25) is 9.89 Å². The molecule has 2 aliphatic carbocycles. The second-order valence-electron chi connectivity index (χ2n) is 9.63. The van der Waals surface area contributed by atoms with E-state index < -0.39 is 0 Å². The van der Waals surface area contributed by atoms with Gasteiger partial charge in [-0.25, -0.2) is 9.97 Å². The predicted octanol–water partition coefficient (Wildman–Crippen LogP) is 5.20. The first-order valence-corrected chi connectivity index (χ1v) is 13.7. The molecular formula is C24H29ClN8OS. The second-order valence-corrected chi connectivity index (χ2v) is 11.3. The molecule has 3 aromatic heterocycles. The number of nitrogens with zero attached hydrogens (tertiary/aromatic N) is 5. The van der Waals surface area contributed by atoms with E-state index in [0.717, 1.165) is 61.5 Å². The van der Waals surface area contributed by atoms with Gasteiger partial charge < -0.3 is 15.5 Å². The third-order valence-corrected chi connectivity index (χ3v) is 8.36. The van der Waals surface area contributed by atoms with E-state index in [-0.39, 0.29) is 11.9 Å². The zero-order valence-corrected chi connectivity index (χ0v) is 21.1. The van der Waals surface area contributed by atoms with Gasteiger partial charge in [-0.1, -0.05) is 42.2 Å². The first-order valence-electron chi connectivity index (χ1n) is 12.5. The van der Waals surface area contributed by atoms with E-state index >= 15 is 0 Å². The number of anilines is 4. The number of carbonyl (C=O) groups excluding carboxylic acids is 1. The van der Waals surface area contributed by atoms with Crippen LogP contribution in [0, 0.1) is 0 Å². The number of aromatic nitrogens is 5. The SMILES string of the molecule is O=C(Nc1ncc(Cl)s1)C1CCCN1c1nc2c(c(Nc3cc(C4CCCCC4)[nH]n3)n1)CCC2. The van der Waals surface area contributed by atoms with Crippen molar-refractivity contribution in [2.45, 2.75) is 76.2 Å². The topological polar surface area (TPSA) is 112 Å². The van der Waals surface area contributed by atoms with Gasteiger partial charge in [0, 0.05) is 29.8 Å². The fourth-order valence-corrected chi connectivity index (χ4v) is 6.39. The first-order chi connectivity index (χ1) is 17.1. The van der Waals surface area contributed by atoms with Gasteiger partial charge >= 0.3 is 0 Å². The number of rotatable bonds is 6. The summed E-state index contributed by atoms with van der Waals surface area (Å²) in [5.41, 5.74) is 3.43. The van der Waals surface area contributed by atoms with Crippen molar-refractivity contribution in [3.8, 4) is 0 Å². The highest BCUT2D eigenvalue weighted by molar-refractivity contribution is 7.19. The summed E-state index contributed by atoms with van der Waals surface area (Å²) in [4.78, 5) is 29.0. The number of carbonyl (C=O) groups is 1. The molecule has 184 valence electrons. The van der Waals surface area contributed by atoms with Crippen LogP contribution in [-0.4, -0.2) is 43.6 Å². The van der Waals surface area contributed by atoms with Gasteiger partial charge in [0.1, 0.15) is 16.2 Å². The molecule has 1 atom stereocenters. The van der Waals surface area contributed by atoms with E-state index in [1.54, 1.807) is 6.20 Å². The minimum absolute atomic E-state index is 0.100. The molecule has 1 saturated heterocycles. The number of fused-ring (bicyclic) bond motifs is 1. The average Bonchev–Trinajstić information content (AvgIpc) is 3.67. The molecule has 9 nitrogen and oxygen atoms in total. The van der Waals surface area contributed by atoms with Gasteiger partial charge in [-0.05, 0) is 44.9 Å². The van der Waals surface area contributed by atoms with Gasteiger partial charge in [0.15, 0.2) is 10.9 Å². The Morgan fingerprint density at radius 3 is 2.83 bits per heavy atom. The molecule has 11 heteroatoms. The molecular weight excluding hydrogens is 484 g/mol. The molecule has 0 radical (unpaired) electrons. The molecule has 3 aliphatic rings. The molecule has 1 aliphatic heterocycles. The summed E-state index contributed by atoms with van der Waals surface area (Å²) in [5, 5.41) is 14.7. The van der Waals surface area contributed by atoms with Crippen LogP contribution in [0.1, 0.15) is 74.2 Å². The Morgan fingerprint density at radius 1 is 1.11 bits per heavy atom. The van der Waals surface area contributed by atoms with Crippen molar-refractivity contribution in [1.29, 1.82) is 0 Å². The molecule has 0 spiro atoms. The second kappa shape index (κ2) is 9.73. The number of halogens is 1. The Kier molecular flexibility index (Phi) is 6.32. The van der Waals surface area contributed by atoms with E-state index in [9.17, 15) is 4.79 Å². The molecule has 0 aromatic carbocycles. The van der Waals surface area contributed by atoms with Crippen molar-refractivity contribution in [2.24, 2.45) is 0 Å². The number of amides is 1.